The molecule has 0 spiro atoms. The first-order chi connectivity index (χ1) is 16.6. The summed E-state index contributed by atoms with van der Waals surface area (Å²) >= 11 is 1.65. The molecule has 1 saturated heterocycles. The molecule has 0 radical (unpaired) electrons. The van der Waals surface area contributed by atoms with E-state index < -0.39 is 0 Å². The number of piperidine rings is 1. The molecule has 7 heteroatoms. The minimum Gasteiger partial charge on any atom is -0.496 e. The Morgan fingerprint density at radius 1 is 1.24 bits per heavy atom. The molecule has 6 nitrogen and oxygen atoms in total. The zero-order valence-electron chi connectivity index (χ0n) is 19.7. The number of hydrogen-bond acceptors (Lipinski definition) is 6. The van der Waals surface area contributed by atoms with E-state index in [0.29, 0.717) is 11.5 Å². The average Bonchev–Trinajstić information content (AvgIpc) is 3.58. The number of aromatic nitrogens is 2. The average molecular weight is 476 g/mol. The maximum absolute atomic E-state index is 12.0. The summed E-state index contributed by atoms with van der Waals surface area (Å²) in [4.78, 5) is 22.5. The van der Waals surface area contributed by atoms with Crippen LogP contribution in [0.15, 0.2) is 53.5 Å². The van der Waals surface area contributed by atoms with E-state index in [1.165, 1.54) is 34.9 Å². The van der Waals surface area contributed by atoms with E-state index in [-0.39, 0.29) is 12.0 Å². The van der Waals surface area contributed by atoms with E-state index in [4.69, 9.17) is 9.47 Å². The van der Waals surface area contributed by atoms with E-state index in [9.17, 15) is 4.79 Å². The monoisotopic (exact) mass is 475 g/mol. The lowest BCUT2D eigenvalue weighted by Crippen LogP contribution is -2.36. The number of aromatic amines is 1. The molecule has 1 N–H and O–H groups in total. The molecule has 2 atom stereocenters. The van der Waals surface area contributed by atoms with Gasteiger partial charge in [-0.15, -0.1) is 11.3 Å². The van der Waals surface area contributed by atoms with Gasteiger partial charge in [-0.2, -0.15) is 0 Å². The van der Waals surface area contributed by atoms with Gasteiger partial charge in [0.25, 0.3) is 0 Å². The fourth-order valence-corrected chi connectivity index (χ4v) is 5.82. The Balaban J connectivity index is 1.50. The number of hydrogen-bond donors (Lipinski definition) is 1. The van der Waals surface area contributed by atoms with Gasteiger partial charge in [-0.05, 0) is 61.7 Å². The highest BCUT2D eigenvalue weighted by Crippen LogP contribution is 2.42. The number of likely N-dealkylation sites (tertiary alicyclic amines) is 1. The van der Waals surface area contributed by atoms with Crippen LogP contribution in [-0.2, 0) is 11.3 Å². The number of fused-ring (bicyclic) bond motifs is 1. The van der Waals surface area contributed by atoms with Crippen LogP contribution in [-0.4, -0.2) is 41.6 Å². The van der Waals surface area contributed by atoms with Crippen LogP contribution in [0, 0.1) is 6.92 Å². The van der Waals surface area contributed by atoms with Crippen LogP contribution in [0.3, 0.4) is 0 Å². The number of nitrogens with one attached hydrogen (secondary N) is 1. The number of rotatable bonds is 6. The predicted octanol–water partition coefficient (Wildman–Crippen LogP) is 5.85. The molecule has 3 heterocycles. The lowest BCUT2D eigenvalue weighted by molar-refractivity contribution is 0.0600. The molecule has 1 unspecified atom stereocenters. The summed E-state index contributed by atoms with van der Waals surface area (Å²) in [6, 6.07) is 12.3. The van der Waals surface area contributed by atoms with Gasteiger partial charge in [0.2, 0.25) is 0 Å². The summed E-state index contributed by atoms with van der Waals surface area (Å²) in [5.41, 5.74) is 8.41. The van der Waals surface area contributed by atoms with Gasteiger partial charge in [-0.3, -0.25) is 4.90 Å². The normalized spacial score (nSPS) is 18.8. The molecule has 0 amide bonds. The van der Waals surface area contributed by atoms with Crippen molar-refractivity contribution >= 4 is 28.2 Å². The van der Waals surface area contributed by atoms with Crippen LogP contribution >= 0.6 is 11.3 Å². The second kappa shape index (κ2) is 9.60. The summed E-state index contributed by atoms with van der Waals surface area (Å²) in [5.74, 6) is 1.03. The maximum atomic E-state index is 12.0. The SMILES string of the molecule is COC(=O)c1ccc([C@@H]2CC(c3cscn3)CCN2Cc2c(OC)cc(C)c3[nH]ccc23)cc1. The smallest absolute Gasteiger partial charge is 0.337 e. The van der Waals surface area contributed by atoms with Crippen LogP contribution in [0.25, 0.3) is 10.9 Å². The third-order valence-corrected chi connectivity index (χ3v) is 7.60. The highest BCUT2D eigenvalue weighted by Gasteiger charge is 2.32. The molecule has 1 aliphatic heterocycles. The zero-order chi connectivity index (χ0) is 23.7. The fourth-order valence-electron chi connectivity index (χ4n) is 5.19. The lowest BCUT2D eigenvalue weighted by atomic mass is 9.85. The number of aryl methyl sites for hydroxylation is 1. The first-order valence-corrected chi connectivity index (χ1v) is 12.5. The van der Waals surface area contributed by atoms with Crippen LogP contribution in [0.1, 0.15) is 57.5 Å². The van der Waals surface area contributed by atoms with Gasteiger partial charge >= 0.3 is 5.97 Å². The van der Waals surface area contributed by atoms with Crippen LogP contribution in [0.5, 0.6) is 5.75 Å². The molecular weight excluding hydrogens is 446 g/mol. The second-order valence-electron chi connectivity index (χ2n) is 8.88. The van der Waals surface area contributed by atoms with Crippen LogP contribution < -0.4 is 4.74 Å². The van der Waals surface area contributed by atoms with E-state index in [1.54, 1.807) is 18.4 Å². The van der Waals surface area contributed by atoms with Gasteiger partial charge in [-0.1, -0.05) is 12.1 Å². The Bertz CT molecular complexity index is 1280. The van der Waals surface area contributed by atoms with Gasteiger partial charge in [0.05, 0.1) is 31.0 Å². The minimum absolute atomic E-state index is 0.201. The summed E-state index contributed by atoms with van der Waals surface area (Å²) < 4.78 is 10.7. The third kappa shape index (κ3) is 4.21. The molecule has 4 aromatic rings. The van der Waals surface area contributed by atoms with Crippen molar-refractivity contribution in [3.8, 4) is 5.75 Å². The van der Waals surface area contributed by atoms with E-state index >= 15 is 0 Å². The number of methoxy groups -OCH3 is 2. The van der Waals surface area contributed by atoms with Gasteiger partial charge in [0.1, 0.15) is 5.75 Å². The number of carbonyl (C=O) groups excluding carboxylic acids is 1. The minimum atomic E-state index is -0.313. The molecule has 2 aromatic carbocycles. The molecule has 0 saturated carbocycles. The Labute approximate surface area is 203 Å². The molecule has 0 aliphatic carbocycles. The number of esters is 1. The molecule has 0 bridgehead atoms. The molecule has 1 aliphatic rings. The number of H-pyrrole nitrogens is 1. The van der Waals surface area contributed by atoms with Crippen molar-refractivity contribution in [2.45, 2.75) is 38.3 Å². The number of nitrogens with zero attached hydrogens (tertiary/aromatic N) is 2. The first kappa shape index (κ1) is 22.6. The second-order valence-corrected chi connectivity index (χ2v) is 9.59. The molecule has 34 heavy (non-hydrogen) atoms. The van der Waals surface area contributed by atoms with Gasteiger partial charge in [0, 0.05) is 46.5 Å². The van der Waals surface area contributed by atoms with Crippen LogP contribution in [0.2, 0.25) is 0 Å². The number of benzene rings is 2. The number of thiazole rings is 1. The zero-order valence-corrected chi connectivity index (χ0v) is 20.5. The Morgan fingerprint density at radius 3 is 2.76 bits per heavy atom. The standard InChI is InChI=1S/C27H29N3O3S/c1-17-12-25(32-2)22(21-8-10-28-26(17)21)14-30-11-9-20(23-15-34-16-29-23)13-24(30)18-4-6-19(7-5-18)27(31)33-3/h4-8,10,12,15-16,20,24,28H,9,11,13-14H2,1-3H3/t20?,24-/m0/s1. The highest BCUT2D eigenvalue weighted by atomic mass is 32.1. The molecule has 176 valence electrons. The van der Waals surface area contributed by atoms with Crippen molar-refractivity contribution in [1.82, 2.24) is 14.9 Å². The highest BCUT2D eigenvalue weighted by molar-refractivity contribution is 7.07. The van der Waals surface area contributed by atoms with E-state index in [0.717, 1.165) is 37.2 Å². The quantitative estimate of drug-likeness (QED) is 0.354. The Kier molecular flexibility index (Phi) is 6.39. The molecular formula is C27H29N3O3S. The maximum Gasteiger partial charge on any atom is 0.337 e. The van der Waals surface area contributed by atoms with Crippen molar-refractivity contribution in [2.24, 2.45) is 0 Å². The molecule has 2 aromatic heterocycles. The van der Waals surface area contributed by atoms with Crippen LogP contribution in [0.4, 0.5) is 0 Å². The summed E-state index contributed by atoms with van der Waals surface area (Å²) in [7, 11) is 3.16. The van der Waals surface area contributed by atoms with Gasteiger partial charge in [-0.25, -0.2) is 9.78 Å². The molecule has 1 fully saturated rings. The fraction of sp³-hybridized carbons (Fsp3) is 0.333. The summed E-state index contributed by atoms with van der Waals surface area (Å²) in [6.07, 6.45) is 4.04. The summed E-state index contributed by atoms with van der Waals surface area (Å²) in [6.45, 7) is 3.84. The molecule has 5 rings (SSSR count). The predicted molar refractivity (Wildman–Crippen MR) is 135 cm³/mol. The van der Waals surface area contributed by atoms with Crippen molar-refractivity contribution < 1.29 is 14.3 Å². The van der Waals surface area contributed by atoms with Gasteiger partial charge in [0.15, 0.2) is 0 Å². The third-order valence-electron chi connectivity index (χ3n) is 6.99. The first-order valence-electron chi connectivity index (χ1n) is 11.5. The van der Waals surface area contributed by atoms with Crippen molar-refractivity contribution in [1.29, 1.82) is 0 Å². The Hall–Kier alpha value is -3.16. The topological polar surface area (TPSA) is 67.4 Å². The van der Waals surface area contributed by atoms with E-state index in [1.807, 2.05) is 23.8 Å². The number of ether oxygens (including phenoxy) is 2. The van der Waals surface area contributed by atoms with E-state index in [2.05, 4.69) is 51.4 Å². The Morgan fingerprint density at radius 2 is 2.06 bits per heavy atom. The largest absolute Gasteiger partial charge is 0.496 e. The van der Waals surface area contributed by atoms with Crippen molar-refractivity contribution in [2.75, 3.05) is 20.8 Å². The lowest BCUT2D eigenvalue weighted by Gasteiger charge is -2.40. The summed E-state index contributed by atoms with van der Waals surface area (Å²) in [5, 5.41) is 3.38. The van der Waals surface area contributed by atoms with Gasteiger partial charge < -0.3 is 14.5 Å². The number of carbonyl (C=O) groups is 1. The van der Waals surface area contributed by atoms with Crippen molar-refractivity contribution in [3.63, 3.8) is 0 Å². The van der Waals surface area contributed by atoms with Crippen molar-refractivity contribution in [3.05, 3.63) is 81.4 Å².